The van der Waals surface area contributed by atoms with E-state index in [9.17, 15) is 0 Å². The lowest BCUT2D eigenvalue weighted by atomic mass is 9.80. The first-order valence-electron chi connectivity index (χ1n) is 6.43. The fraction of sp³-hybridized carbons (Fsp3) is 0.200. The van der Waals surface area contributed by atoms with Crippen LogP contribution in [0.3, 0.4) is 0 Å². The van der Waals surface area contributed by atoms with Crippen LogP contribution in [0.1, 0.15) is 5.56 Å². The molecule has 2 N–H and O–H groups in total. The average Bonchev–Trinajstić information content (AvgIpc) is 2.46. The van der Waals surface area contributed by atoms with Crippen LogP contribution in [-0.2, 0) is 0 Å². The summed E-state index contributed by atoms with van der Waals surface area (Å²) < 4.78 is 11.0. The molecule has 0 aromatic heterocycles. The molecule has 0 atom stereocenters. The van der Waals surface area contributed by atoms with Crippen LogP contribution in [0, 0.1) is 6.92 Å². The SMILES string of the molecule is Cc1ccc(OCCOc2ccc(B(O)O)cc2)cc1. The maximum absolute atomic E-state index is 8.97. The Hall–Kier alpha value is -1.98. The minimum atomic E-state index is -1.45. The summed E-state index contributed by atoms with van der Waals surface area (Å²) >= 11 is 0. The zero-order chi connectivity index (χ0) is 14.4. The lowest BCUT2D eigenvalue weighted by Gasteiger charge is -2.09. The summed E-state index contributed by atoms with van der Waals surface area (Å²) in [4.78, 5) is 0. The highest BCUT2D eigenvalue weighted by Gasteiger charge is 2.09. The van der Waals surface area contributed by atoms with E-state index in [2.05, 4.69) is 0 Å². The van der Waals surface area contributed by atoms with Crippen molar-refractivity contribution in [1.29, 1.82) is 0 Å². The molecule has 20 heavy (non-hydrogen) atoms. The van der Waals surface area contributed by atoms with Crippen LogP contribution >= 0.6 is 0 Å². The Kier molecular flexibility index (Phi) is 5.04. The first-order chi connectivity index (χ1) is 9.65. The van der Waals surface area contributed by atoms with Crippen molar-refractivity contribution in [3.63, 3.8) is 0 Å². The van der Waals surface area contributed by atoms with E-state index in [1.54, 1.807) is 24.3 Å². The van der Waals surface area contributed by atoms with Crippen LogP contribution in [0.15, 0.2) is 48.5 Å². The van der Waals surface area contributed by atoms with Crippen molar-refractivity contribution in [2.24, 2.45) is 0 Å². The van der Waals surface area contributed by atoms with Crippen molar-refractivity contribution in [1.82, 2.24) is 0 Å². The molecule has 0 amide bonds. The topological polar surface area (TPSA) is 58.9 Å². The van der Waals surface area contributed by atoms with Gasteiger partial charge in [0.25, 0.3) is 0 Å². The molecule has 0 aliphatic rings. The van der Waals surface area contributed by atoms with Crippen LogP contribution in [-0.4, -0.2) is 30.4 Å². The van der Waals surface area contributed by atoms with Gasteiger partial charge in [-0.05, 0) is 36.7 Å². The Balaban J connectivity index is 1.74. The van der Waals surface area contributed by atoms with E-state index < -0.39 is 7.12 Å². The molecule has 0 unspecified atom stereocenters. The maximum atomic E-state index is 8.97. The van der Waals surface area contributed by atoms with Crippen LogP contribution in [0.5, 0.6) is 11.5 Å². The van der Waals surface area contributed by atoms with Gasteiger partial charge in [0.15, 0.2) is 0 Å². The lowest BCUT2D eigenvalue weighted by molar-refractivity contribution is 0.217. The minimum absolute atomic E-state index is 0.425. The average molecular weight is 272 g/mol. The highest BCUT2D eigenvalue weighted by Crippen LogP contribution is 2.12. The van der Waals surface area contributed by atoms with Crippen LogP contribution in [0.4, 0.5) is 0 Å². The molecule has 0 radical (unpaired) electrons. The zero-order valence-corrected chi connectivity index (χ0v) is 11.3. The summed E-state index contributed by atoms with van der Waals surface area (Å²) in [6.07, 6.45) is 0. The Morgan fingerprint density at radius 1 is 0.800 bits per heavy atom. The van der Waals surface area contributed by atoms with E-state index in [0.29, 0.717) is 24.4 Å². The minimum Gasteiger partial charge on any atom is -0.490 e. The monoisotopic (exact) mass is 272 g/mol. The van der Waals surface area contributed by atoms with Crippen molar-refractivity contribution < 1.29 is 19.5 Å². The third-order valence-electron chi connectivity index (χ3n) is 2.82. The highest BCUT2D eigenvalue weighted by molar-refractivity contribution is 6.58. The van der Waals surface area contributed by atoms with Crippen LogP contribution in [0.2, 0.25) is 0 Å². The van der Waals surface area contributed by atoms with Crippen LogP contribution < -0.4 is 14.9 Å². The smallest absolute Gasteiger partial charge is 0.488 e. The molecule has 104 valence electrons. The van der Waals surface area contributed by atoms with Gasteiger partial charge in [-0.15, -0.1) is 0 Å². The fourth-order valence-electron chi connectivity index (χ4n) is 1.69. The quantitative estimate of drug-likeness (QED) is 0.611. The summed E-state index contributed by atoms with van der Waals surface area (Å²) in [7, 11) is -1.45. The van der Waals surface area contributed by atoms with E-state index in [0.717, 1.165) is 5.75 Å². The normalized spacial score (nSPS) is 10.2. The Labute approximate surface area is 118 Å². The van der Waals surface area contributed by atoms with Crippen molar-refractivity contribution >= 4 is 12.6 Å². The number of ether oxygens (including phenoxy) is 2. The second-order valence-corrected chi connectivity index (χ2v) is 4.45. The fourth-order valence-corrected chi connectivity index (χ4v) is 1.69. The number of rotatable bonds is 6. The van der Waals surface area contributed by atoms with Gasteiger partial charge in [0, 0.05) is 0 Å². The predicted molar refractivity (Wildman–Crippen MR) is 78.4 cm³/mol. The van der Waals surface area contributed by atoms with Crippen molar-refractivity contribution in [3.8, 4) is 11.5 Å². The van der Waals surface area contributed by atoms with Gasteiger partial charge < -0.3 is 19.5 Å². The molecule has 0 spiro atoms. The standard InChI is InChI=1S/C15H17BO4/c1-12-2-6-14(7-3-12)19-10-11-20-15-8-4-13(5-9-15)16(17)18/h2-9,17-18H,10-11H2,1H3. The van der Waals surface area contributed by atoms with Gasteiger partial charge in [-0.25, -0.2) is 0 Å². The van der Waals surface area contributed by atoms with Gasteiger partial charge in [-0.3, -0.25) is 0 Å². The molecular weight excluding hydrogens is 255 g/mol. The summed E-state index contributed by atoms with van der Waals surface area (Å²) in [6, 6.07) is 14.5. The van der Waals surface area contributed by atoms with Crippen molar-refractivity contribution in [2.75, 3.05) is 13.2 Å². The second kappa shape index (κ2) is 6.98. The second-order valence-electron chi connectivity index (χ2n) is 4.45. The number of aryl methyl sites for hydroxylation is 1. The Morgan fingerprint density at radius 3 is 1.70 bits per heavy atom. The van der Waals surface area contributed by atoms with Gasteiger partial charge >= 0.3 is 7.12 Å². The van der Waals surface area contributed by atoms with Gasteiger partial charge in [-0.2, -0.15) is 0 Å². The highest BCUT2D eigenvalue weighted by atomic mass is 16.5. The van der Waals surface area contributed by atoms with Gasteiger partial charge in [0.1, 0.15) is 24.7 Å². The molecule has 0 saturated carbocycles. The predicted octanol–water partition coefficient (Wildman–Crippen LogP) is 1.13. The van der Waals surface area contributed by atoms with Crippen LogP contribution in [0.25, 0.3) is 0 Å². The molecule has 2 rings (SSSR count). The first-order valence-corrected chi connectivity index (χ1v) is 6.43. The molecule has 0 fully saturated rings. The van der Waals surface area contributed by atoms with E-state index >= 15 is 0 Å². The Bertz CT molecular complexity index is 523. The first kappa shape index (κ1) is 14.4. The van der Waals surface area contributed by atoms with E-state index in [-0.39, 0.29) is 0 Å². The van der Waals surface area contributed by atoms with E-state index in [4.69, 9.17) is 19.5 Å². The van der Waals surface area contributed by atoms with E-state index in [1.165, 1.54) is 5.56 Å². The van der Waals surface area contributed by atoms with Crippen molar-refractivity contribution in [2.45, 2.75) is 6.92 Å². The largest absolute Gasteiger partial charge is 0.490 e. The molecule has 5 heteroatoms. The molecule has 2 aromatic rings. The molecule has 0 saturated heterocycles. The zero-order valence-electron chi connectivity index (χ0n) is 11.3. The molecule has 0 aliphatic heterocycles. The maximum Gasteiger partial charge on any atom is 0.488 e. The van der Waals surface area contributed by atoms with E-state index in [1.807, 2.05) is 31.2 Å². The summed E-state index contributed by atoms with van der Waals surface area (Å²) in [6.45, 7) is 2.90. The molecule has 0 aliphatic carbocycles. The summed E-state index contributed by atoms with van der Waals surface area (Å²) in [5, 5.41) is 17.9. The number of hydrogen-bond acceptors (Lipinski definition) is 4. The van der Waals surface area contributed by atoms with Crippen molar-refractivity contribution in [3.05, 3.63) is 54.1 Å². The number of benzene rings is 2. The molecule has 2 aromatic carbocycles. The molecule has 0 bridgehead atoms. The van der Waals surface area contributed by atoms with Gasteiger partial charge in [0.2, 0.25) is 0 Å². The molecule has 4 nitrogen and oxygen atoms in total. The lowest BCUT2D eigenvalue weighted by Crippen LogP contribution is -2.29. The third-order valence-corrected chi connectivity index (χ3v) is 2.82. The third kappa shape index (κ3) is 4.29. The number of hydrogen-bond donors (Lipinski definition) is 2. The summed E-state index contributed by atoms with van der Waals surface area (Å²) in [5.74, 6) is 1.49. The van der Waals surface area contributed by atoms with Gasteiger partial charge in [-0.1, -0.05) is 29.8 Å². The Morgan fingerprint density at radius 2 is 1.25 bits per heavy atom. The molecule has 0 heterocycles. The molecular formula is C15H17BO4. The summed E-state index contributed by atoms with van der Waals surface area (Å²) in [5.41, 5.74) is 1.63. The van der Waals surface area contributed by atoms with Gasteiger partial charge in [0.05, 0.1) is 0 Å².